The summed E-state index contributed by atoms with van der Waals surface area (Å²) in [5, 5.41) is 6.55. The first-order valence-electron chi connectivity index (χ1n) is 9.11. The number of hydrogen-bond acceptors (Lipinski definition) is 4. The molecule has 2 fully saturated rings. The molecular weight excluding hydrogens is 373 g/mol. The van der Waals surface area contributed by atoms with Crippen LogP contribution in [0, 0.1) is 6.92 Å². The molecule has 2 N–H and O–H groups in total. The van der Waals surface area contributed by atoms with E-state index in [4.69, 9.17) is 4.74 Å². The number of amides is 1. The molecule has 2 unspecified atom stereocenters. The topological polar surface area (TPSA) is 53.6 Å². The minimum atomic E-state index is 0. The number of carbonyl (C=O) groups is 1. The lowest BCUT2D eigenvalue weighted by Crippen LogP contribution is -2.44. The number of rotatable bonds is 6. The molecule has 0 bridgehead atoms. The summed E-state index contributed by atoms with van der Waals surface area (Å²) in [5.41, 5.74) is 2.53. The highest BCUT2D eigenvalue weighted by atomic mass is 35.5. The van der Waals surface area contributed by atoms with E-state index in [9.17, 15) is 4.79 Å². The van der Waals surface area contributed by atoms with Crippen LogP contribution in [0.15, 0.2) is 24.3 Å². The maximum absolute atomic E-state index is 12.3. The molecule has 0 spiro atoms. The number of aryl methyl sites for hydroxylation is 1. The van der Waals surface area contributed by atoms with Crippen molar-refractivity contribution < 1.29 is 9.53 Å². The van der Waals surface area contributed by atoms with Crippen LogP contribution in [0.4, 0.5) is 0 Å². The molecule has 2 heterocycles. The van der Waals surface area contributed by atoms with Crippen molar-refractivity contribution in [2.75, 3.05) is 39.4 Å². The van der Waals surface area contributed by atoms with Gasteiger partial charge in [-0.25, -0.2) is 0 Å². The van der Waals surface area contributed by atoms with E-state index in [1.54, 1.807) is 0 Å². The second-order valence-corrected chi connectivity index (χ2v) is 6.88. The van der Waals surface area contributed by atoms with Gasteiger partial charge in [-0.2, -0.15) is 0 Å². The predicted octanol–water partition coefficient (Wildman–Crippen LogP) is 2.47. The Morgan fingerprint density at radius 2 is 1.96 bits per heavy atom. The van der Waals surface area contributed by atoms with Gasteiger partial charge in [0.15, 0.2) is 0 Å². The highest BCUT2D eigenvalue weighted by molar-refractivity contribution is 5.85. The summed E-state index contributed by atoms with van der Waals surface area (Å²) >= 11 is 0. The van der Waals surface area contributed by atoms with Gasteiger partial charge in [0.25, 0.3) is 0 Å². The summed E-state index contributed by atoms with van der Waals surface area (Å²) in [7, 11) is 0. The Hall–Kier alpha value is -0.850. The molecule has 2 aliphatic heterocycles. The van der Waals surface area contributed by atoms with Gasteiger partial charge in [0.05, 0.1) is 19.3 Å². The van der Waals surface area contributed by atoms with Crippen LogP contribution in [0.3, 0.4) is 0 Å². The van der Waals surface area contributed by atoms with Crippen molar-refractivity contribution >= 4 is 30.7 Å². The van der Waals surface area contributed by atoms with Crippen LogP contribution >= 0.6 is 24.8 Å². The summed E-state index contributed by atoms with van der Waals surface area (Å²) in [6, 6.07) is 9.22. The Morgan fingerprint density at radius 3 is 2.58 bits per heavy atom. The van der Waals surface area contributed by atoms with Gasteiger partial charge in [-0.05, 0) is 31.9 Å². The number of benzene rings is 1. The van der Waals surface area contributed by atoms with Gasteiger partial charge in [0, 0.05) is 32.1 Å². The lowest BCUT2D eigenvalue weighted by Gasteiger charge is -2.35. The molecular formula is C19H31Cl2N3O2. The number of hydrogen-bond donors (Lipinski definition) is 2. The van der Waals surface area contributed by atoms with Crippen molar-refractivity contribution in [1.82, 2.24) is 15.5 Å². The molecule has 0 radical (unpaired) electrons. The third-order valence-corrected chi connectivity index (χ3v) is 5.04. The first-order valence-corrected chi connectivity index (χ1v) is 9.11. The fourth-order valence-corrected chi connectivity index (χ4v) is 3.57. The first-order chi connectivity index (χ1) is 11.7. The van der Waals surface area contributed by atoms with Crippen LogP contribution in [0.25, 0.3) is 0 Å². The molecule has 0 aromatic heterocycles. The summed E-state index contributed by atoms with van der Waals surface area (Å²) in [5.74, 6) is 0.153. The molecule has 2 aliphatic rings. The molecule has 1 aromatic rings. The quantitative estimate of drug-likeness (QED) is 0.765. The highest BCUT2D eigenvalue weighted by Crippen LogP contribution is 2.22. The van der Waals surface area contributed by atoms with Gasteiger partial charge in [0.2, 0.25) is 5.91 Å². The van der Waals surface area contributed by atoms with Gasteiger partial charge in [-0.15, -0.1) is 24.8 Å². The largest absolute Gasteiger partial charge is 0.379 e. The minimum absolute atomic E-state index is 0. The van der Waals surface area contributed by atoms with Gasteiger partial charge in [-0.3, -0.25) is 9.69 Å². The summed E-state index contributed by atoms with van der Waals surface area (Å²) in [6.07, 6.45) is 2.87. The van der Waals surface area contributed by atoms with Crippen LogP contribution in [-0.4, -0.2) is 56.2 Å². The number of morpholine rings is 1. The van der Waals surface area contributed by atoms with E-state index in [1.165, 1.54) is 17.5 Å². The van der Waals surface area contributed by atoms with Crippen molar-refractivity contribution in [2.24, 2.45) is 0 Å². The molecule has 148 valence electrons. The monoisotopic (exact) mass is 403 g/mol. The van der Waals surface area contributed by atoms with Gasteiger partial charge < -0.3 is 15.4 Å². The van der Waals surface area contributed by atoms with E-state index in [0.29, 0.717) is 19.0 Å². The van der Waals surface area contributed by atoms with Crippen molar-refractivity contribution in [3.63, 3.8) is 0 Å². The zero-order chi connectivity index (χ0) is 16.8. The van der Waals surface area contributed by atoms with Crippen LogP contribution in [0.5, 0.6) is 0 Å². The second kappa shape index (κ2) is 11.8. The SMILES string of the molecule is Cc1ccc(C(CNC(=O)CC2CCCN2)N2CCOCC2)cc1.Cl.Cl. The van der Waals surface area contributed by atoms with E-state index in [-0.39, 0.29) is 36.8 Å². The fourth-order valence-electron chi connectivity index (χ4n) is 3.57. The first kappa shape index (κ1) is 23.2. The molecule has 0 saturated carbocycles. The lowest BCUT2D eigenvalue weighted by molar-refractivity contribution is -0.121. The smallest absolute Gasteiger partial charge is 0.221 e. The van der Waals surface area contributed by atoms with Gasteiger partial charge in [-0.1, -0.05) is 29.8 Å². The number of ether oxygens (including phenoxy) is 1. The maximum Gasteiger partial charge on any atom is 0.221 e. The number of halogens is 2. The van der Waals surface area contributed by atoms with Crippen molar-refractivity contribution in [3.05, 3.63) is 35.4 Å². The second-order valence-electron chi connectivity index (χ2n) is 6.88. The average molecular weight is 404 g/mol. The Balaban J connectivity index is 0.00000169. The Bertz CT molecular complexity index is 530. The number of carbonyl (C=O) groups excluding carboxylic acids is 1. The van der Waals surface area contributed by atoms with Crippen LogP contribution in [0.2, 0.25) is 0 Å². The molecule has 0 aliphatic carbocycles. The zero-order valence-electron chi connectivity index (χ0n) is 15.4. The van der Waals surface area contributed by atoms with Crippen molar-refractivity contribution in [1.29, 1.82) is 0 Å². The standard InChI is InChI=1S/C19H29N3O2.2ClH/c1-15-4-6-16(7-5-15)18(22-9-11-24-12-10-22)14-21-19(23)13-17-3-2-8-20-17;;/h4-7,17-18,20H,2-3,8-14H2,1H3,(H,21,23);2*1H. The molecule has 7 heteroatoms. The van der Waals surface area contributed by atoms with E-state index in [1.807, 2.05) is 0 Å². The lowest BCUT2D eigenvalue weighted by atomic mass is 10.0. The van der Waals surface area contributed by atoms with Gasteiger partial charge >= 0.3 is 0 Å². The van der Waals surface area contributed by atoms with Crippen LogP contribution < -0.4 is 10.6 Å². The summed E-state index contributed by atoms with van der Waals surface area (Å²) in [6.45, 7) is 7.16. The van der Waals surface area contributed by atoms with E-state index >= 15 is 0 Å². The van der Waals surface area contributed by atoms with Gasteiger partial charge in [0.1, 0.15) is 0 Å². The average Bonchev–Trinajstić information content (AvgIpc) is 3.10. The molecule has 1 amide bonds. The maximum atomic E-state index is 12.3. The number of nitrogens with zero attached hydrogens (tertiary/aromatic N) is 1. The third-order valence-electron chi connectivity index (χ3n) is 5.04. The zero-order valence-corrected chi connectivity index (χ0v) is 17.0. The molecule has 1 aromatic carbocycles. The Kier molecular flexibility index (Phi) is 10.5. The Morgan fingerprint density at radius 1 is 1.27 bits per heavy atom. The fraction of sp³-hybridized carbons (Fsp3) is 0.632. The summed E-state index contributed by atoms with van der Waals surface area (Å²) in [4.78, 5) is 14.7. The third kappa shape index (κ3) is 6.71. The van der Waals surface area contributed by atoms with Crippen molar-refractivity contribution in [2.45, 2.75) is 38.3 Å². The number of nitrogens with one attached hydrogen (secondary N) is 2. The van der Waals surface area contributed by atoms with Crippen LogP contribution in [-0.2, 0) is 9.53 Å². The van der Waals surface area contributed by atoms with Crippen molar-refractivity contribution in [3.8, 4) is 0 Å². The van der Waals surface area contributed by atoms with E-state index < -0.39 is 0 Å². The molecule has 2 saturated heterocycles. The van der Waals surface area contributed by atoms with E-state index in [0.717, 1.165) is 39.3 Å². The predicted molar refractivity (Wildman–Crippen MR) is 109 cm³/mol. The van der Waals surface area contributed by atoms with E-state index in [2.05, 4.69) is 46.7 Å². The highest BCUT2D eigenvalue weighted by Gasteiger charge is 2.24. The van der Waals surface area contributed by atoms with Crippen LogP contribution in [0.1, 0.15) is 36.4 Å². The molecule has 2 atom stereocenters. The molecule has 5 nitrogen and oxygen atoms in total. The molecule has 3 rings (SSSR count). The normalized spacial score (nSPS) is 21.3. The molecule has 26 heavy (non-hydrogen) atoms. The minimum Gasteiger partial charge on any atom is -0.379 e. The Labute approximate surface area is 169 Å². The summed E-state index contributed by atoms with van der Waals surface area (Å²) < 4.78 is 5.48.